The highest BCUT2D eigenvalue weighted by Gasteiger charge is 2.40. The summed E-state index contributed by atoms with van der Waals surface area (Å²) in [4.78, 5) is 11.8. The first-order valence-corrected chi connectivity index (χ1v) is 6.01. The second kappa shape index (κ2) is 4.55. The molecule has 0 unspecified atom stereocenters. The van der Waals surface area contributed by atoms with Gasteiger partial charge < -0.3 is 11.1 Å². The van der Waals surface area contributed by atoms with E-state index in [1.165, 1.54) is 0 Å². The number of nitrogens with one attached hydrogen (secondary N) is 1. The standard InChI is InChI=1S/C13H16F2N2O/c1-2-13(5-6-13)7-17-12(18)10-8(14)3-4-9(16)11(10)15/h3-4H,2,5-7,16H2,1H3,(H,17,18). The average Bonchev–Trinajstić information content (AvgIpc) is 3.13. The summed E-state index contributed by atoms with van der Waals surface area (Å²) in [5.74, 6) is -2.62. The van der Waals surface area contributed by atoms with Crippen molar-refractivity contribution in [1.82, 2.24) is 5.32 Å². The minimum Gasteiger partial charge on any atom is -0.396 e. The van der Waals surface area contributed by atoms with Crippen molar-refractivity contribution in [2.75, 3.05) is 12.3 Å². The number of anilines is 1. The largest absolute Gasteiger partial charge is 0.396 e. The van der Waals surface area contributed by atoms with Crippen LogP contribution in [0.4, 0.5) is 14.5 Å². The van der Waals surface area contributed by atoms with E-state index in [1.807, 2.05) is 6.92 Å². The maximum absolute atomic E-state index is 13.6. The van der Waals surface area contributed by atoms with E-state index in [9.17, 15) is 13.6 Å². The van der Waals surface area contributed by atoms with Crippen LogP contribution in [0, 0.1) is 17.0 Å². The van der Waals surface area contributed by atoms with Crippen LogP contribution in [0.25, 0.3) is 0 Å². The van der Waals surface area contributed by atoms with Crippen LogP contribution >= 0.6 is 0 Å². The molecule has 1 aliphatic rings. The van der Waals surface area contributed by atoms with Crippen molar-refractivity contribution in [3.63, 3.8) is 0 Å². The quantitative estimate of drug-likeness (QED) is 0.811. The molecule has 2 rings (SSSR count). The summed E-state index contributed by atoms with van der Waals surface area (Å²) in [5, 5.41) is 2.59. The number of amides is 1. The first-order chi connectivity index (χ1) is 8.49. The van der Waals surface area contributed by atoms with Crippen LogP contribution in [0.1, 0.15) is 36.5 Å². The van der Waals surface area contributed by atoms with E-state index >= 15 is 0 Å². The predicted octanol–water partition coefficient (Wildman–Crippen LogP) is 2.47. The normalized spacial score (nSPS) is 16.4. The molecule has 0 saturated heterocycles. The molecule has 1 aliphatic carbocycles. The summed E-state index contributed by atoms with van der Waals surface area (Å²) in [7, 11) is 0. The molecule has 0 heterocycles. The van der Waals surface area contributed by atoms with Crippen LogP contribution < -0.4 is 11.1 Å². The number of rotatable bonds is 4. The maximum atomic E-state index is 13.6. The molecule has 98 valence electrons. The molecular formula is C13H16F2N2O. The van der Waals surface area contributed by atoms with Crippen molar-refractivity contribution in [3.8, 4) is 0 Å². The Bertz CT molecular complexity index is 484. The number of carbonyl (C=O) groups excluding carboxylic acids is 1. The van der Waals surface area contributed by atoms with Crippen LogP contribution in [0.5, 0.6) is 0 Å². The fourth-order valence-corrected chi connectivity index (χ4v) is 1.97. The third-order valence-electron chi connectivity index (χ3n) is 3.68. The van der Waals surface area contributed by atoms with Gasteiger partial charge in [0.05, 0.1) is 5.69 Å². The molecule has 0 radical (unpaired) electrons. The Hall–Kier alpha value is -1.65. The highest BCUT2D eigenvalue weighted by Crippen LogP contribution is 2.47. The number of hydrogen-bond donors (Lipinski definition) is 2. The van der Waals surface area contributed by atoms with Gasteiger partial charge in [0.25, 0.3) is 5.91 Å². The first-order valence-electron chi connectivity index (χ1n) is 6.01. The zero-order valence-corrected chi connectivity index (χ0v) is 10.2. The van der Waals surface area contributed by atoms with Crippen LogP contribution in [0.2, 0.25) is 0 Å². The maximum Gasteiger partial charge on any atom is 0.257 e. The van der Waals surface area contributed by atoms with E-state index in [0.29, 0.717) is 6.54 Å². The monoisotopic (exact) mass is 254 g/mol. The van der Waals surface area contributed by atoms with Gasteiger partial charge in [0, 0.05) is 6.54 Å². The molecule has 3 N–H and O–H groups in total. The third-order valence-corrected chi connectivity index (χ3v) is 3.68. The summed E-state index contributed by atoms with van der Waals surface area (Å²) in [5.41, 5.74) is 4.63. The van der Waals surface area contributed by atoms with Gasteiger partial charge in [0.1, 0.15) is 11.4 Å². The SMILES string of the molecule is CCC1(CNC(=O)c2c(F)ccc(N)c2F)CC1. The molecular weight excluding hydrogens is 238 g/mol. The van der Waals surface area contributed by atoms with Crippen LogP contribution in [-0.4, -0.2) is 12.5 Å². The second-order valence-electron chi connectivity index (χ2n) is 4.86. The molecule has 1 amide bonds. The van der Waals surface area contributed by atoms with Gasteiger partial charge in [0.15, 0.2) is 5.82 Å². The third kappa shape index (κ3) is 2.30. The van der Waals surface area contributed by atoms with Crippen molar-refractivity contribution >= 4 is 11.6 Å². The Morgan fingerprint density at radius 2 is 2.11 bits per heavy atom. The molecule has 1 fully saturated rings. The molecule has 5 heteroatoms. The van der Waals surface area contributed by atoms with Gasteiger partial charge in [-0.3, -0.25) is 4.79 Å². The second-order valence-corrected chi connectivity index (χ2v) is 4.86. The summed E-state index contributed by atoms with van der Waals surface area (Å²) in [6, 6.07) is 2.11. The lowest BCUT2D eigenvalue weighted by molar-refractivity contribution is 0.0936. The first kappa shape index (κ1) is 12.8. The van der Waals surface area contributed by atoms with Crippen molar-refractivity contribution < 1.29 is 13.6 Å². The lowest BCUT2D eigenvalue weighted by Crippen LogP contribution is -2.31. The molecule has 0 aliphatic heterocycles. The lowest BCUT2D eigenvalue weighted by Gasteiger charge is -2.14. The number of carbonyl (C=O) groups is 1. The Morgan fingerprint density at radius 1 is 1.44 bits per heavy atom. The topological polar surface area (TPSA) is 55.1 Å². The van der Waals surface area contributed by atoms with Crippen molar-refractivity contribution in [2.45, 2.75) is 26.2 Å². The Kier molecular flexibility index (Phi) is 3.24. The molecule has 0 aromatic heterocycles. The molecule has 0 atom stereocenters. The summed E-state index contributed by atoms with van der Waals surface area (Å²) in [6.07, 6.45) is 3.05. The molecule has 1 aromatic rings. The van der Waals surface area contributed by atoms with Gasteiger partial charge >= 0.3 is 0 Å². The van der Waals surface area contributed by atoms with E-state index < -0.39 is 23.1 Å². The fraction of sp³-hybridized carbons (Fsp3) is 0.462. The Labute approximate surface area is 104 Å². The van der Waals surface area contributed by atoms with Crippen LogP contribution in [-0.2, 0) is 0 Å². The Balaban J connectivity index is 2.12. The van der Waals surface area contributed by atoms with Crippen molar-refractivity contribution in [3.05, 3.63) is 29.3 Å². The molecule has 0 bridgehead atoms. The molecule has 1 aromatic carbocycles. The van der Waals surface area contributed by atoms with Gasteiger partial charge in [-0.2, -0.15) is 0 Å². The fourth-order valence-electron chi connectivity index (χ4n) is 1.97. The average molecular weight is 254 g/mol. The van der Waals surface area contributed by atoms with Gasteiger partial charge in [0.2, 0.25) is 0 Å². The van der Waals surface area contributed by atoms with E-state index in [1.54, 1.807) is 0 Å². The minimum atomic E-state index is -0.992. The number of nitrogens with two attached hydrogens (primary N) is 1. The van der Waals surface area contributed by atoms with Crippen LogP contribution in [0.3, 0.4) is 0 Å². The van der Waals surface area contributed by atoms with Gasteiger partial charge in [-0.25, -0.2) is 8.78 Å². The van der Waals surface area contributed by atoms with E-state index in [-0.39, 0.29) is 11.1 Å². The number of nitrogen functional groups attached to an aromatic ring is 1. The smallest absolute Gasteiger partial charge is 0.257 e. The molecule has 1 saturated carbocycles. The van der Waals surface area contributed by atoms with E-state index in [4.69, 9.17) is 5.73 Å². The summed E-state index contributed by atoms with van der Waals surface area (Å²) in [6.45, 7) is 2.50. The van der Waals surface area contributed by atoms with Gasteiger partial charge in [-0.15, -0.1) is 0 Å². The van der Waals surface area contributed by atoms with Crippen molar-refractivity contribution in [1.29, 1.82) is 0 Å². The number of benzene rings is 1. The number of halogens is 2. The lowest BCUT2D eigenvalue weighted by atomic mass is 10.0. The zero-order valence-electron chi connectivity index (χ0n) is 10.2. The van der Waals surface area contributed by atoms with Gasteiger partial charge in [-0.1, -0.05) is 6.92 Å². The molecule has 3 nitrogen and oxygen atoms in total. The zero-order chi connectivity index (χ0) is 13.3. The van der Waals surface area contributed by atoms with E-state index in [0.717, 1.165) is 31.4 Å². The van der Waals surface area contributed by atoms with Crippen LogP contribution in [0.15, 0.2) is 12.1 Å². The summed E-state index contributed by atoms with van der Waals surface area (Å²) >= 11 is 0. The molecule has 18 heavy (non-hydrogen) atoms. The Morgan fingerprint density at radius 3 is 2.67 bits per heavy atom. The highest BCUT2D eigenvalue weighted by atomic mass is 19.1. The number of hydrogen-bond acceptors (Lipinski definition) is 2. The van der Waals surface area contributed by atoms with Crippen molar-refractivity contribution in [2.24, 2.45) is 5.41 Å². The predicted molar refractivity (Wildman–Crippen MR) is 65.1 cm³/mol. The molecule has 0 spiro atoms. The highest BCUT2D eigenvalue weighted by molar-refractivity contribution is 5.95. The minimum absolute atomic E-state index is 0.128. The van der Waals surface area contributed by atoms with E-state index in [2.05, 4.69) is 5.32 Å². The van der Waals surface area contributed by atoms with Gasteiger partial charge in [-0.05, 0) is 36.8 Å². The summed E-state index contributed by atoms with van der Waals surface area (Å²) < 4.78 is 27.0.